The Hall–Kier alpha value is -0.660. The molecule has 67 valence electrons. The molecule has 1 atom stereocenters. The van der Waals surface area contributed by atoms with Crippen molar-refractivity contribution < 1.29 is 9.59 Å². The minimum atomic E-state index is -0.0590. The Labute approximate surface area is 73.3 Å². The Balaban J connectivity index is 2.67. The molecule has 1 radical (unpaired) electrons. The number of carbonyl (C=O) groups excluding carboxylic acids is 2. The lowest BCUT2D eigenvalue weighted by Gasteiger charge is -2.26. The molecule has 0 aliphatic heterocycles. The van der Waals surface area contributed by atoms with Gasteiger partial charge in [0.25, 0.3) is 0 Å². The van der Waals surface area contributed by atoms with Crippen molar-refractivity contribution in [3.05, 3.63) is 5.92 Å². The first kappa shape index (κ1) is 9.43. The van der Waals surface area contributed by atoms with Crippen LogP contribution in [0.1, 0.15) is 39.5 Å². The molecule has 0 heterocycles. The molecule has 1 unspecified atom stereocenters. The predicted octanol–water partition coefficient (Wildman–Crippen LogP) is 1.93. The topological polar surface area (TPSA) is 34.1 Å². The lowest BCUT2D eigenvalue weighted by Crippen LogP contribution is -2.28. The van der Waals surface area contributed by atoms with Gasteiger partial charge in [-0.05, 0) is 26.7 Å². The van der Waals surface area contributed by atoms with E-state index in [0.29, 0.717) is 0 Å². The third-order valence-electron chi connectivity index (χ3n) is 2.55. The number of Topliss-reactive ketones (excluding diaryl/α,β-unsaturated/α-hetero) is 2. The second kappa shape index (κ2) is 3.83. The van der Waals surface area contributed by atoms with Crippen LogP contribution in [0.2, 0.25) is 0 Å². The molecule has 1 fully saturated rings. The van der Waals surface area contributed by atoms with Gasteiger partial charge < -0.3 is 0 Å². The van der Waals surface area contributed by atoms with Crippen LogP contribution in [-0.2, 0) is 9.59 Å². The number of hydrogen-bond donors (Lipinski definition) is 0. The summed E-state index contributed by atoms with van der Waals surface area (Å²) in [6.07, 6.45) is 3.86. The summed E-state index contributed by atoms with van der Waals surface area (Å²) in [6.45, 7) is 3.15. The van der Waals surface area contributed by atoms with Gasteiger partial charge in [-0.1, -0.05) is 12.8 Å². The maximum Gasteiger partial charge on any atom is 0.137 e. The Morgan fingerprint density at radius 1 is 1.25 bits per heavy atom. The third-order valence-corrected chi connectivity index (χ3v) is 2.55. The standard InChI is InChI=1S/C10H15O2/c1-7(11)9-5-3-4-6-10(9)8(2)12/h9H,3-6H2,1-2H3. The van der Waals surface area contributed by atoms with Crippen LogP contribution in [0, 0.1) is 11.8 Å². The van der Waals surface area contributed by atoms with Crippen molar-refractivity contribution in [2.24, 2.45) is 5.92 Å². The van der Waals surface area contributed by atoms with Crippen molar-refractivity contribution in [1.29, 1.82) is 0 Å². The molecule has 2 nitrogen and oxygen atoms in total. The minimum absolute atomic E-state index is 0.0590. The zero-order chi connectivity index (χ0) is 9.14. The first-order valence-corrected chi connectivity index (χ1v) is 4.50. The molecule has 1 aliphatic rings. The van der Waals surface area contributed by atoms with Crippen molar-refractivity contribution in [3.8, 4) is 0 Å². The third kappa shape index (κ3) is 1.93. The van der Waals surface area contributed by atoms with Crippen LogP contribution in [0.15, 0.2) is 0 Å². The van der Waals surface area contributed by atoms with Gasteiger partial charge in [0, 0.05) is 5.92 Å². The Morgan fingerprint density at radius 3 is 2.33 bits per heavy atom. The highest BCUT2D eigenvalue weighted by Gasteiger charge is 2.31. The SMILES string of the molecule is CC(=O)[C]1CCCCC1C(C)=O. The highest BCUT2D eigenvalue weighted by Crippen LogP contribution is 2.32. The molecule has 0 amide bonds. The van der Waals surface area contributed by atoms with Crippen molar-refractivity contribution in [2.75, 3.05) is 0 Å². The van der Waals surface area contributed by atoms with E-state index >= 15 is 0 Å². The van der Waals surface area contributed by atoms with Gasteiger partial charge in [-0.25, -0.2) is 0 Å². The maximum atomic E-state index is 11.1. The number of ketones is 2. The maximum absolute atomic E-state index is 11.1. The summed E-state index contributed by atoms with van der Waals surface area (Å²) in [5.74, 6) is 1.06. The lowest BCUT2D eigenvalue weighted by atomic mass is 9.75. The van der Waals surface area contributed by atoms with E-state index in [1.165, 1.54) is 0 Å². The van der Waals surface area contributed by atoms with Crippen LogP contribution in [0.25, 0.3) is 0 Å². The van der Waals surface area contributed by atoms with Crippen LogP contribution in [0.4, 0.5) is 0 Å². The molecule has 0 saturated heterocycles. The molecule has 0 N–H and O–H groups in total. The van der Waals surface area contributed by atoms with E-state index < -0.39 is 0 Å². The zero-order valence-electron chi connectivity index (χ0n) is 7.72. The fourth-order valence-electron chi connectivity index (χ4n) is 1.88. The van der Waals surface area contributed by atoms with Crippen molar-refractivity contribution in [1.82, 2.24) is 0 Å². The van der Waals surface area contributed by atoms with Crippen LogP contribution in [-0.4, -0.2) is 11.6 Å². The van der Waals surface area contributed by atoms with Gasteiger partial charge in [-0.2, -0.15) is 0 Å². The van der Waals surface area contributed by atoms with Gasteiger partial charge in [-0.3, -0.25) is 9.59 Å². The normalized spacial score (nSPS) is 25.3. The summed E-state index contributed by atoms with van der Waals surface area (Å²) in [5, 5.41) is 0. The van der Waals surface area contributed by atoms with Crippen LogP contribution >= 0.6 is 0 Å². The van der Waals surface area contributed by atoms with Crippen LogP contribution in [0.3, 0.4) is 0 Å². The van der Waals surface area contributed by atoms with E-state index in [1.807, 2.05) is 0 Å². The summed E-state index contributed by atoms with van der Waals surface area (Å²) in [5.41, 5.74) is 0. The fourth-order valence-corrected chi connectivity index (χ4v) is 1.88. The van der Waals surface area contributed by atoms with E-state index in [4.69, 9.17) is 0 Å². The molecular weight excluding hydrogens is 152 g/mol. The van der Waals surface area contributed by atoms with E-state index in [1.54, 1.807) is 13.8 Å². The van der Waals surface area contributed by atoms with E-state index in [9.17, 15) is 9.59 Å². The Bertz CT molecular complexity index is 174. The second-order valence-corrected chi connectivity index (χ2v) is 3.49. The van der Waals surface area contributed by atoms with Crippen LogP contribution in [0.5, 0.6) is 0 Å². The summed E-state index contributed by atoms with van der Waals surface area (Å²) in [4.78, 5) is 22.3. The molecule has 1 rings (SSSR count). The van der Waals surface area contributed by atoms with Gasteiger partial charge >= 0.3 is 0 Å². The molecule has 12 heavy (non-hydrogen) atoms. The van der Waals surface area contributed by atoms with Gasteiger partial charge in [0.15, 0.2) is 0 Å². The van der Waals surface area contributed by atoms with E-state index in [0.717, 1.165) is 31.6 Å². The minimum Gasteiger partial charge on any atom is -0.300 e. The number of carbonyl (C=O) groups is 2. The van der Waals surface area contributed by atoms with Crippen molar-refractivity contribution >= 4 is 11.6 Å². The molecule has 1 aliphatic carbocycles. The molecule has 2 heteroatoms. The van der Waals surface area contributed by atoms with Crippen molar-refractivity contribution in [3.63, 3.8) is 0 Å². The molecular formula is C10H15O2. The fraction of sp³-hybridized carbons (Fsp3) is 0.700. The molecule has 0 bridgehead atoms. The zero-order valence-corrected chi connectivity index (χ0v) is 7.72. The molecule has 1 saturated carbocycles. The lowest BCUT2D eigenvalue weighted by molar-refractivity contribution is -0.125. The first-order valence-electron chi connectivity index (χ1n) is 4.50. The number of hydrogen-bond acceptors (Lipinski definition) is 2. The molecule has 0 aromatic carbocycles. The Morgan fingerprint density at radius 2 is 1.92 bits per heavy atom. The van der Waals surface area contributed by atoms with Gasteiger partial charge in [-0.15, -0.1) is 0 Å². The Kier molecular flexibility index (Phi) is 3.01. The summed E-state index contributed by atoms with van der Waals surface area (Å²) in [7, 11) is 0. The predicted molar refractivity (Wildman–Crippen MR) is 46.6 cm³/mol. The highest BCUT2D eigenvalue weighted by atomic mass is 16.1. The first-order chi connectivity index (χ1) is 5.63. The monoisotopic (exact) mass is 167 g/mol. The average molecular weight is 167 g/mol. The molecule has 0 aromatic rings. The number of rotatable bonds is 2. The second-order valence-electron chi connectivity index (χ2n) is 3.49. The average Bonchev–Trinajstić information content (AvgIpc) is 2.04. The van der Waals surface area contributed by atoms with Gasteiger partial charge in [0.05, 0.1) is 5.92 Å². The largest absolute Gasteiger partial charge is 0.300 e. The van der Waals surface area contributed by atoms with Crippen molar-refractivity contribution in [2.45, 2.75) is 39.5 Å². The highest BCUT2D eigenvalue weighted by molar-refractivity contribution is 5.97. The summed E-state index contributed by atoms with van der Waals surface area (Å²) < 4.78 is 0. The molecule has 0 aromatic heterocycles. The van der Waals surface area contributed by atoms with Crippen LogP contribution < -0.4 is 0 Å². The summed E-state index contributed by atoms with van der Waals surface area (Å²) in [6, 6.07) is 0. The van der Waals surface area contributed by atoms with E-state index in [-0.39, 0.29) is 17.5 Å². The summed E-state index contributed by atoms with van der Waals surface area (Å²) >= 11 is 0. The smallest absolute Gasteiger partial charge is 0.137 e. The quantitative estimate of drug-likeness (QED) is 0.629. The molecule has 0 spiro atoms. The van der Waals surface area contributed by atoms with E-state index in [2.05, 4.69) is 0 Å². The van der Waals surface area contributed by atoms with Gasteiger partial charge in [0.2, 0.25) is 0 Å². The van der Waals surface area contributed by atoms with Gasteiger partial charge in [0.1, 0.15) is 11.6 Å².